The zero-order chi connectivity index (χ0) is 92.9. The highest BCUT2D eigenvalue weighted by Crippen LogP contribution is 2.60. The number of alkyl halides is 39. The molecule has 4 N–H and O–H groups in total. The molecule has 0 aromatic heterocycles. The summed E-state index contributed by atoms with van der Waals surface area (Å²) in [5.74, 6) is -58.3. The third-order valence-electron chi connectivity index (χ3n) is 18.4. The molecule has 9 rings (SSSR count). The molecule has 7 nitrogen and oxygen atoms in total. The smallest absolute Gasteiger partial charge is 0.453 e. The van der Waals surface area contributed by atoms with Crippen molar-refractivity contribution in [1.82, 2.24) is 0 Å². The first-order valence-corrected chi connectivity index (χ1v) is 34.5. The first-order chi connectivity index (χ1) is 54.9. The van der Waals surface area contributed by atoms with Crippen LogP contribution in [0.25, 0.3) is 0 Å². The lowest BCUT2D eigenvalue weighted by atomic mass is 9.72. The molecule has 0 unspecified atom stereocenters. The lowest BCUT2D eigenvalue weighted by Crippen LogP contribution is -2.55. The summed E-state index contributed by atoms with van der Waals surface area (Å²) in [5, 5.41) is 18.3. The van der Waals surface area contributed by atoms with E-state index in [2.05, 4.69) is 0 Å². The number of nitrogen functional groups attached to an aromatic ring is 1. The highest BCUT2D eigenvalue weighted by molar-refractivity contribution is 5.58. The van der Waals surface area contributed by atoms with Crippen molar-refractivity contribution in [3.8, 4) is 23.0 Å². The Labute approximate surface area is 663 Å². The molecule has 0 atom stereocenters. The van der Waals surface area contributed by atoms with E-state index in [1.54, 1.807) is 0 Å². The number of fused-ring (bicyclic) bond motifs is 2. The van der Waals surface area contributed by atoms with Gasteiger partial charge in [-0.2, -0.15) is 74.6 Å². The molecule has 0 aliphatic carbocycles. The highest BCUT2D eigenvalue weighted by atomic mass is 19.4. The normalized spacial score (nSPS) is 15.1. The summed E-state index contributed by atoms with van der Waals surface area (Å²) in [6.07, 6.45) is -54.0. The summed E-state index contributed by atoms with van der Waals surface area (Å²) in [4.78, 5) is 2.17. The molecule has 2 aliphatic rings. The lowest BCUT2D eigenvalue weighted by molar-refractivity contribution is -0.304. The Kier molecular flexibility index (Phi) is 27.9. The second-order valence-corrected chi connectivity index (χ2v) is 29.1. The SMILES string of the molecule is CC(F)(F)CC(F)(F)CC(F)(F)CC(F)(F)c1ccc(N)cc1.CC(F)(F)CC(F)(F)CC(F)(F)CC(F)(F)c1ccc(N2COc3ccc(C(c4ccc5c(c4)CN(c4ccc(C(F)(F)CC(F)(F)CC(F)(F)CC(F)(F)C(F)(F)F)cc4)CO5)(C(F)(F)F)C(F)(F)F)cc3C2)cc1.Oc1ccc(C(c2ccc(O)cc2)(C(F)(F)F)C(F)(F)F)cc1. The molecule has 7 aromatic carbocycles. The Morgan fingerprint density at radius 3 is 0.779 bits per heavy atom. The molecule has 122 heavy (non-hydrogen) atoms. The van der Waals surface area contributed by atoms with E-state index in [-0.39, 0.29) is 53.5 Å². The van der Waals surface area contributed by atoms with E-state index in [0.29, 0.717) is 72.8 Å². The number of hydrogen-bond acceptors (Lipinski definition) is 7. The van der Waals surface area contributed by atoms with Crippen LogP contribution in [0.4, 0.5) is 188 Å². The van der Waals surface area contributed by atoms with Crippen molar-refractivity contribution in [2.75, 3.05) is 29.0 Å². The van der Waals surface area contributed by atoms with Gasteiger partial charge in [0, 0.05) is 58.0 Å². The Hall–Kier alpha value is -9.59. The highest BCUT2D eigenvalue weighted by Gasteiger charge is 2.74. The molecule has 678 valence electrons. The van der Waals surface area contributed by atoms with E-state index in [4.69, 9.17) is 25.4 Å². The average molecular weight is 1820 g/mol. The molecule has 0 bridgehead atoms. The maximum absolute atomic E-state index is 15.4. The van der Waals surface area contributed by atoms with Gasteiger partial charge in [0.2, 0.25) is 10.8 Å². The van der Waals surface area contributed by atoms with Crippen LogP contribution in [0.3, 0.4) is 0 Å². The summed E-state index contributed by atoms with van der Waals surface area (Å²) >= 11 is 0. The fourth-order valence-electron chi connectivity index (χ4n) is 13.4. The molecular formula is C76H62F39N3O4. The maximum Gasteiger partial charge on any atom is 0.453 e. The largest absolute Gasteiger partial charge is 0.508 e. The Morgan fingerprint density at radius 1 is 0.279 bits per heavy atom. The van der Waals surface area contributed by atoms with Gasteiger partial charge in [-0.15, -0.1) is 0 Å². The fraction of sp³-hybridized carbons (Fsp3) is 0.447. The molecule has 0 saturated carbocycles. The number of nitrogens with two attached hydrogens (primary N) is 1. The van der Waals surface area contributed by atoms with Crippen LogP contribution in [0.1, 0.15) is 122 Å². The number of anilines is 3. The summed E-state index contributed by atoms with van der Waals surface area (Å²) in [5.41, 5.74) is -13.1. The molecule has 0 radical (unpaired) electrons. The predicted octanol–water partition coefficient (Wildman–Crippen LogP) is 26.7. The van der Waals surface area contributed by atoms with E-state index in [0.717, 1.165) is 94.7 Å². The van der Waals surface area contributed by atoms with Gasteiger partial charge in [-0.05, 0) is 121 Å². The van der Waals surface area contributed by atoms with E-state index in [9.17, 15) is 136 Å². The first kappa shape index (κ1) is 99.5. The van der Waals surface area contributed by atoms with E-state index >= 15 is 35.1 Å². The molecule has 0 saturated heterocycles. The van der Waals surface area contributed by atoms with Gasteiger partial charge in [0.15, 0.2) is 13.5 Å². The molecule has 0 amide bonds. The third kappa shape index (κ3) is 24.3. The molecular weight excluding hydrogens is 1760 g/mol. The number of benzene rings is 7. The number of phenols is 2. The molecule has 2 heterocycles. The minimum Gasteiger partial charge on any atom is -0.508 e. The van der Waals surface area contributed by atoms with Crippen LogP contribution in [0.15, 0.2) is 158 Å². The van der Waals surface area contributed by atoms with Gasteiger partial charge in [-0.1, -0.05) is 72.8 Å². The number of halogens is 39. The van der Waals surface area contributed by atoms with Crippen molar-refractivity contribution in [2.45, 2.75) is 198 Å². The number of ether oxygens (including phenoxy) is 2. The van der Waals surface area contributed by atoms with E-state index in [1.807, 2.05) is 0 Å². The van der Waals surface area contributed by atoms with Gasteiger partial charge in [-0.25, -0.2) is 96.6 Å². The summed E-state index contributed by atoms with van der Waals surface area (Å²) in [7, 11) is 0. The summed E-state index contributed by atoms with van der Waals surface area (Å²) in [6.45, 7) is -2.09. The quantitative estimate of drug-likeness (QED) is 0.0349. The van der Waals surface area contributed by atoms with Crippen LogP contribution in [-0.4, -0.2) is 108 Å². The van der Waals surface area contributed by atoms with Gasteiger partial charge in [0.05, 0.1) is 57.8 Å². The first-order valence-electron chi connectivity index (χ1n) is 34.5. The topological polar surface area (TPSA) is 91.4 Å². The van der Waals surface area contributed by atoms with E-state index in [1.165, 1.54) is 0 Å². The van der Waals surface area contributed by atoms with Gasteiger partial charge in [0.25, 0.3) is 65.1 Å². The average Bonchev–Trinajstić information content (AvgIpc) is 0.666. The molecule has 0 spiro atoms. The Balaban J connectivity index is 0.000000358. The van der Waals surface area contributed by atoms with Crippen molar-refractivity contribution in [2.24, 2.45) is 0 Å². The van der Waals surface area contributed by atoms with Crippen molar-refractivity contribution >= 4 is 17.1 Å². The molecule has 0 fully saturated rings. The number of aromatic hydroxyl groups is 2. The van der Waals surface area contributed by atoms with Gasteiger partial charge in [0.1, 0.15) is 23.0 Å². The van der Waals surface area contributed by atoms with Gasteiger partial charge >= 0.3 is 36.8 Å². The van der Waals surface area contributed by atoms with Crippen LogP contribution in [0.2, 0.25) is 0 Å². The lowest BCUT2D eigenvalue weighted by Gasteiger charge is -2.40. The second-order valence-electron chi connectivity index (χ2n) is 29.1. The van der Waals surface area contributed by atoms with Crippen LogP contribution in [0.5, 0.6) is 23.0 Å². The Bertz CT molecular complexity index is 4570. The fourth-order valence-corrected chi connectivity index (χ4v) is 13.4. The zero-order valence-corrected chi connectivity index (χ0v) is 61.6. The van der Waals surface area contributed by atoms with Gasteiger partial charge < -0.3 is 35.2 Å². The Morgan fingerprint density at radius 2 is 0.516 bits per heavy atom. The van der Waals surface area contributed by atoms with Crippen LogP contribution in [-0.2, 0) is 41.7 Å². The number of phenolic OH excluding ortho intramolecular Hbond substituents is 2. The zero-order valence-electron chi connectivity index (χ0n) is 61.6. The molecule has 46 heteroatoms. The number of rotatable bonds is 27. The van der Waals surface area contributed by atoms with E-state index < -0.39 is 248 Å². The van der Waals surface area contributed by atoms with Crippen LogP contribution >= 0.6 is 0 Å². The molecule has 2 aliphatic heterocycles. The molecule has 7 aromatic rings. The summed E-state index contributed by atoms with van der Waals surface area (Å²) in [6, 6.07) is 17.8. The monoisotopic (exact) mass is 1820 g/mol. The number of hydrogen-bond donors (Lipinski definition) is 3. The van der Waals surface area contributed by atoms with Crippen LogP contribution < -0.4 is 25.0 Å². The second kappa shape index (κ2) is 34.2. The van der Waals surface area contributed by atoms with Crippen molar-refractivity contribution in [3.05, 3.63) is 208 Å². The number of nitrogens with zero attached hydrogens (tertiary/aromatic N) is 2. The van der Waals surface area contributed by atoms with Crippen molar-refractivity contribution in [1.29, 1.82) is 0 Å². The van der Waals surface area contributed by atoms with Crippen molar-refractivity contribution in [3.63, 3.8) is 0 Å². The predicted molar refractivity (Wildman–Crippen MR) is 357 cm³/mol. The summed E-state index contributed by atoms with van der Waals surface area (Å²) < 4.78 is 554. The minimum absolute atomic E-state index is 0.0179. The van der Waals surface area contributed by atoms with Crippen molar-refractivity contribution < 1.29 is 191 Å². The standard InChI is InChI=1S/C47H37F25N2O2.C15H10F6O2.C14H15F8N/c1-36(48,49)18-37(50,51)19-38(52,53)21-41(58,59)28-2-8-32(9-3-28)73-16-26-14-30(6-12-34(26)75-24-73)44(46(67,68)69,47(70,71)72)31-7-13-35-27(15-31)17-74(25-76-35)33-10-4-29(5-11-33)42(60,61)22-39(54,55)20-40(56,57)23-43(62,63)45(64,65)66;16-14(17,18)13(15(19,20)21,9-1-5-11(22)6-2-9)10-3-7-12(23)8-4-10;1-11(15,16)6-12(17,18)7-13(19,20)8-14(21,22)9-2-4-10(23)5-3-9/h2-15H,16-25H2,1H3;1-8,22-23H;2-5H,6-8,23H2,1H3. The maximum atomic E-state index is 15.4. The third-order valence-corrected chi connectivity index (χ3v) is 18.4. The van der Waals surface area contributed by atoms with Crippen LogP contribution in [0, 0.1) is 0 Å². The minimum atomic E-state index is -6.58. The van der Waals surface area contributed by atoms with Gasteiger partial charge in [-0.3, -0.25) is 0 Å².